The van der Waals surface area contributed by atoms with Crippen LogP contribution in [0.15, 0.2) is 24.3 Å². The summed E-state index contributed by atoms with van der Waals surface area (Å²) in [5.41, 5.74) is 0.577. The predicted molar refractivity (Wildman–Crippen MR) is 102 cm³/mol. The Balaban J connectivity index is 0.00000225. The van der Waals surface area contributed by atoms with Gasteiger partial charge < -0.3 is 14.8 Å². The van der Waals surface area contributed by atoms with Crippen molar-refractivity contribution in [2.45, 2.75) is 6.04 Å². The van der Waals surface area contributed by atoms with Gasteiger partial charge in [-0.1, -0.05) is 11.6 Å². The van der Waals surface area contributed by atoms with E-state index in [1.165, 1.54) is 24.5 Å². The van der Waals surface area contributed by atoms with Crippen LogP contribution in [0.2, 0.25) is 4.34 Å². The topological polar surface area (TPSA) is 33.7 Å². The summed E-state index contributed by atoms with van der Waals surface area (Å²) < 4.78 is 26.1. The van der Waals surface area contributed by atoms with E-state index in [4.69, 9.17) is 21.1 Å². The lowest BCUT2D eigenvalue weighted by Gasteiger charge is -2.35. The molecule has 138 valence electrons. The van der Waals surface area contributed by atoms with Gasteiger partial charge in [0.05, 0.1) is 24.6 Å². The van der Waals surface area contributed by atoms with Gasteiger partial charge in [-0.05, 0) is 18.2 Å². The number of nitrogens with zero attached hydrogens (tertiary/aromatic N) is 1. The zero-order chi connectivity index (χ0) is 17.1. The first kappa shape index (κ1) is 20.3. The van der Waals surface area contributed by atoms with E-state index in [0.29, 0.717) is 21.4 Å². The van der Waals surface area contributed by atoms with Crippen molar-refractivity contribution in [2.75, 3.05) is 40.4 Å². The first-order valence-corrected chi connectivity index (χ1v) is 8.95. The van der Waals surface area contributed by atoms with Gasteiger partial charge in [-0.25, -0.2) is 4.39 Å². The van der Waals surface area contributed by atoms with Crippen LogP contribution < -0.4 is 14.8 Å². The molecular formula is C17H21Cl2FN2O2S. The van der Waals surface area contributed by atoms with Crippen LogP contribution >= 0.6 is 35.3 Å². The Morgan fingerprint density at radius 1 is 1.16 bits per heavy atom. The molecule has 1 atom stereocenters. The van der Waals surface area contributed by atoms with Crippen LogP contribution in [0.25, 0.3) is 0 Å². The van der Waals surface area contributed by atoms with Gasteiger partial charge in [0.1, 0.15) is 5.82 Å². The van der Waals surface area contributed by atoms with Gasteiger partial charge in [-0.15, -0.1) is 23.7 Å². The average molecular weight is 407 g/mol. The summed E-state index contributed by atoms with van der Waals surface area (Å²) in [6.45, 7) is 3.44. The number of halogens is 3. The van der Waals surface area contributed by atoms with Gasteiger partial charge in [-0.3, -0.25) is 4.90 Å². The molecule has 8 heteroatoms. The first-order chi connectivity index (χ1) is 11.6. The predicted octanol–water partition coefficient (Wildman–Crippen LogP) is 3.97. The first-order valence-electron chi connectivity index (χ1n) is 7.75. The second-order valence-electron chi connectivity index (χ2n) is 5.56. The van der Waals surface area contributed by atoms with E-state index in [9.17, 15) is 4.39 Å². The minimum absolute atomic E-state index is 0. The molecule has 0 unspecified atom stereocenters. The fraction of sp³-hybridized carbons (Fsp3) is 0.412. The standard InChI is InChI=1S/C17H20ClFN2O2S.ClH/c1-22-13-9-11(12(19)10-14(13)23-2)17(15-3-4-16(18)24-15)21-7-5-20-6-8-21;/h3-4,9-10,17,20H,5-8H2,1-2H3;1H/t17-;/m1./s1. The second-order valence-corrected chi connectivity index (χ2v) is 7.31. The van der Waals surface area contributed by atoms with Crippen LogP contribution in [-0.4, -0.2) is 45.3 Å². The number of nitrogens with one attached hydrogen (secondary N) is 1. The third-order valence-corrected chi connectivity index (χ3v) is 5.46. The summed E-state index contributed by atoms with van der Waals surface area (Å²) in [4.78, 5) is 3.29. The van der Waals surface area contributed by atoms with Crippen molar-refractivity contribution in [3.05, 3.63) is 44.9 Å². The Hall–Kier alpha value is -1.05. The highest BCUT2D eigenvalue weighted by atomic mass is 35.5. The zero-order valence-electron chi connectivity index (χ0n) is 14.1. The van der Waals surface area contributed by atoms with Crippen molar-refractivity contribution < 1.29 is 13.9 Å². The zero-order valence-corrected chi connectivity index (χ0v) is 16.4. The van der Waals surface area contributed by atoms with Crippen molar-refractivity contribution >= 4 is 35.3 Å². The number of methoxy groups -OCH3 is 2. The highest BCUT2D eigenvalue weighted by Crippen LogP contribution is 2.40. The lowest BCUT2D eigenvalue weighted by Crippen LogP contribution is -2.45. The molecule has 0 amide bonds. The maximum Gasteiger partial charge on any atom is 0.163 e. The molecule has 0 bridgehead atoms. The van der Waals surface area contributed by atoms with E-state index in [1.54, 1.807) is 13.2 Å². The van der Waals surface area contributed by atoms with Gasteiger partial charge in [-0.2, -0.15) is 0 Å². The molecule has 0 radical (unpaired) electrons. The molecule has 0 spiro atoms. The molecule has 1 fully saturated rings. The van der Waals surface area contributed by atoms with Gasteiger partial charge in [0.25, 0.3) is 0 Å². The fourth-order valence-corrected chi connectivity index (χ4v) is 4.24. The highest BCUT2D eigenvalue weighted by Gasteiger charge is 2.29. The van der Waals surface area contributed by atoms with Gasteiger partial charge in [0.15, 0.2) is 11.5 Å². The molecule has 1 N–H and O–H groups in total. The van der Waals surface area contributed by atoms with Crippen LogP contribution in [0.4, 0.5) is 4.39 Å². The number of hydrogen-bond acceptors (Lipinski definition) is 5. The SMILES string of the molecule is COc1cc(F)c([C@H](c2ccc(Cl)s2)N2CCNCC2)cc1OC.Cl. The maximum absolute atomic E-state index is 14.8. The van der Waals surface area contributed by atoms with Crippen molar-refractivity contribution in [3.63, 3.8) is 0 Å². The molecule has 2 aromatic rings. The van der Waals surface area contributed by atoms with Gasteiger partial charge >= 0.3 is 0 Å². The molecule has 0 saturated carbocycles. The molecule has 1 aliphatic rings. The van der Waals surface area contributed by atoms with E-state index in [-0.39, 0.29) is 24.3 Å². The summed E-state index contributed by atoms with van der Waals surface area (Å²) in [6, 6.07) is 6.75. The molecule has 2 heterocycles. The van der Waals surface area contributed by atoms with Crippen LogP contribution in [0.3, 0.4) is 0 Å². The lowest BCUT2D eigenvalue weighted by molar-refractivity contribution is 0.197. The normalized spacial score (nSPS) is 16.2. The van der Waals surface area contributed by atoms with Crippen molar-refractivity contribution in [3.8, 4) is 11.5 Å². The van der Waals surface area contributed by atoms with Gasteiger partial charge in [0.2, 0.25) is 0 Å². The van der Waals surface area contributed by atoms with Crippen molar-refractivity contribution in [1.29, 1.82) is 0 Å². The van der Waals surface area contributed by atoms with Crippen molar-refractivity contribution in [2.24, 2.45) is 0 Å². The number of thiophene rings is 1. The summed E-state index contributed by atoms with van der Waals surface area (Å²) in [5, 5.41) is 3.33. The number of piperazine rings is 1. The van der Waals surface area contributed by atoms with Gasteiger partial charge in [0, 0.05) is 42.7 Å². The molecule has 3 rings (SSSR count). The summed E-state index contributed by atoms with van der Waals surface area (Å²) in [7, 11) is 3.06. The third-order valence-electron chi connectivity index (χ3n) is 4.18. The summed E-state index contributed by atoms with van der Waals surface area (Å²) in [5.74, 6) is 0.611. The number of rotatable bonds is 5. The quantitative estimate of drug-likeness (QED) is 0.813. The molecule has 25 heavy (non-hydrogen) atoms. The number of benzene rings is 1. The minimum Gasteiger partial charge on any atom is -0.493 e. The lowest BCUT2D eigenvalue weighted by atomic mass is 10.0. The van der Waals surface area contributed by atoms with Crippen LogP contribution in [0.1, 0.15) is 16.5 Å². The maximum atomic E-state index is 14.8. The largest absolute Gasteiger partial charge is 0.493 e. The monoisotopic (exact) mass is 406 g/mol. The summed E-state index contributed by atoms with van der Waals surface area (Å²) >= 11 is 7.61. The Kier molecular flexibility index (Phi) is 7.34. The molecule has 4 nitrogen and oxygen atoms in total. The van der Waals surface area contributed by atoms with E-state index < -0.39 is 0 Å². The molecule has 1 saturated heterocycles. The molecule has 1 aliphatic heterocycles. The Bertz CT molecular complexity index is 708. The van der Waals surface area contributed by atoms with E-state index in [0.717, 1.165) is 31.1 Å². The fourth-order valence-electron chi connectivity index (χ4n) is 3.02. The van der Waals surface area contributed by atoms with Crippen LogP contribution in [-0.2, 0) is 0 Å². The molecule has 0 aliphatic carbocycles. The Labute approximate surface area is 162 Å². The number of hydrogen-bond donors (Lipinski definition) is 1. The van der Waals surface area contributed by atoms with Crippen LogP contribution in [0, 0.1) is 5.82 Å². The minimum atomic E-state index is -0.305. The molecule has 1 aromatic heterocycles. The Morgan fingerprint density at radius 3 is 2.36 bits per heavy atom. The third kappa shape index (κ3) is 4.38. The molecule has 1 aromatic carbocycles. The number of ether oxygens (including phenoxy) is 2. The molecular weight excluding hydrogens is 386 g/mol. The van der Waals surface area contributed by atoms with E-state index >= 15 is 0 Å². The Morgan fingerprint density at radius 2 is 1.80 bits per heavy atom. The van der Waals surface area contributed by atoms with E-state index in [1.807, 2.05) is 12.1 Å². The smallest absolute Gasteiger partial charge is 0.163 e. The highest BCUT2D eigenvalue weighted by molar-refractivity contribution is 7.16. The van der Waals surface area contributed by atoms with Crippen LogP contribution in [0.5, 0.6) is 11.5 Å². The van der Waals surface area contributed by atoms with Crippen molar-refractivity contribution in [1.82, 2.24) is 10.2 Å². The van der Waals surface area contributed by atoms with E-state index in [2.05, 4.69) is 10.2 Å². The summed E-state index contributed by atoms with van der Waals surface area (Å²) in [6.07, 6.45) is 0. The second kappa shape index (κ2) is 9.05. The average Bonchev–Trinajstić information content (AvgIpc) is 3.03.